The van der Waals surface area contributed by atoms with Gasteiger partial charge in [-0.25, -0.2) is 4.98 Å². The van der Waals surface area contributed by atoms with Gasteiger partial charge in [0.05, 0.1) is 22.6 Å². The molecule has 0 radical (unpaired) electrons. The van der Waals surface area contributed by atoms with Crippen LogP contribution in [0.2, 0.25) is 0 Å². The molecule has 1 saturated carbocycles. The molecule has 1 fully saturated rings. The van der Waals surface area contributed by atoms with Crippen molar-refractivity contribution in [1.82, 2.24) is 25.1 Å². The predicted molar refractivity (Wildman–Crippen MR) is 140 cm³/mol. The third-order valence-electron chi connectivity index (χ3n) is 6.09. The van der Waals surface area contributed by atoms with Crippen molar-refractivity contribution in [1.29, 1.82) is 5.26 Å². The van der Waals surface area contributed by atoms with Crippen LogP contribution in [-0.2, 0) is 13.6 Å². The number of pyridine rings is 2. The molecule has 3 aromatic heterocycles. The number of hydrogen-bond acceptors (Lipinski definition) is 9. The zero-order valence-electron chi connectivity index (χ0n) is 20.0. The highest BCUT2D eigenvalue weighted by molar-refractivity contribution is 8.02. The first-order valence-corrected chi connectivity index (χ1v) is 12.4. The number of benzene rings is 1. The summed E-state index contributed by atoms with van der Waals surface area (Å²) in [4.78, 5) is 30.2. The second-order valence-electron chi connectivity index (χ2n) is 8.76. The minimum Gasteiger partial charge on any atom is -0.474 e. The van der Waals surface area contributed by atoms with E-state index in [4.69, 9.17) is 10.00 Å². The molecule has 0 saturated heterocycles. The van der Waals surface area contributed by atoms with Gasteiger partial charge in [0, 0.05) is 25.2 Å². The molecule has 3 heterocycles. The first-order chi connectivity index (χ1) is 18.0. The second-order valence-corrected chi connectivity index (χ2v) is 10.0. The molecule has 4 aromatic rings. The van der Waals surface area contributed by atoms with E-state index in [2.05, 4.69) is 31.3 Å². The predicted octanol–water partition coefficient (Wildman–Crippen LogP) is 3.20. The Morgan fingerprint density at radius 2 is 2.05 bits per heavy atom. The SMILES string of the molecule is Cn1c(=O)c(C(=O)NCc2ccc(C#N)cc2)cc2cnnc(OCC3(SNc4ccccn4)CC3)c21. The second kappa shape index (κ2) is 10.3. The molecule has 1 aromatic carbocycles. The number of nitriles is 1. The Morgan fingerprint density at radius 1 is 1.24 bits per heavy atom. The van der Waals surface area contributed by atoms with Crippen LogP contribution in [0.5, 0.6) is 5.88 Å². The van der Waals surface area contributed by atoms with Gasteiger partial charge in [0.25, 0.3) is 17.3 Å². The number of nitrogens with zero attached hydrogens (tertiary/aromatic N) is 5. The lowest BCUT2D eigenvalue weighted by molar-refractivity contribution is 0.0949. The molecule has 11 heteroatoms. The fourth-order valence-electron chi connectivity index (χ4n) is 3.75. The van der Waals surface area contributed by atoms with Crippen LogP contribution >= 0.6 is 11.9 Å². The van der Waals surface area contributed by atoms with Crippen molar-refractivity contribution >= 4 is 34.6 Å². The summed E-state index contributed by atoms with van der Waals surface area (Å²) in [6.07, 6.45) is 5.17. The summed E-state index contributed by atoms with van der Waals surface area (Å²) < 4.78 is 10.6. The van der Waals surface area contributed by atoms with E-state index < -0.39 is 11.5 Å². The average molecular weight is 514 g/mol. The van der Waals surface area contributed by atoms with E-state index in [1.54, 1.807) is 49.5 Å². The Labute approximate surface area is 216 Å². The molecule has 5 rings (SSSR count). The normalized spacial score (nSPS) is 13.5. The Balaban J connectivity index is 1.30. The smallest absolute Gasteiger partial charge is 0.263 e. The van der Waals surface area contributed by atoms with Crippen LogP contribution < -0.4 is 20.3 Å². The van der Waals surface area contributed by atoms with E-state index >= 15 is 0 Å². The molecule has 0 spiro atoms. The van der Waals surface area contributed by atoms with Crippen molar-refractivity contribution in [3.05, 3.63) is 88.0 Å². The monoisotopic (exact) mass is 513 g/mol. The zero-order chi connectivity index (χ0) is 25.8. The Bertz CT molecular complexity index is 1550. The van der Waals surface area contributed by atoms with E-state index in [1.165, 1.54) is 16.8 Å². The number of nitrogens with one attached hydrogen (secondary N) is 2. The summed E-state index contributed by atoms with van der Waals surface area (Å²) in [6.45, 7) is 0.604. The van der Waals surface area contributed by atoms with Crippen LogP contribution in [-0.4, -0.2) is 37.0 Å². The van der Waals surface area contributed by atoms with Crippen molar-refractivity contribution in [3.63, 3.8) is 0 Å². The number of ether oxygens (including phenoxy) is 1. The minimum absolute atomic E-state index is 0.00336. The Morgan fingerprint density at radius 3 is 2.76 bits per heavy atom. The summed E-state index contributed by atoms with van der Waals surface area (Å²) in [6, 6.07) is 16.1. The van der Waals surface area contributed by atoms with Crippen LogP contribution in [0.1, 0.15) is 34.3 Å². The topological polar surface area (TPSA) is 135 Å². The van der Waals surface area contributed by atoms with Crippen LogP contribution in [0, 0.1) is 11.3 Å². The molecule has 10 nitrogen and oxygen atoms in total. The summed E-state index contributed by atoms with van der Waals surface area (Å²) in [5.41, 5.74) is 1.36. The number of aromatic nitrogens is 4. The molecular formula is C26H23N7O3S. The fourth-order valence-corrected chi connectivity index (χ4v) is 4.62. The van der Waals surface area contributed by atoms with E-state index in [-0.39, 0.29) is 22.7 Å². The lowest BCUT2D eigenvalue weighted by atomic mass is 10.1. The number of amides is 1. The van der Waals surface area contributed by atoms with Gasteiger partial charge in [0.15, 0.2) is 0 Å². The van der Waals surface area contributed by atoms with Crippen molar-refractivity contribution in [2.24, 2.45) is 7.05 Å². The summed E-state index contributed by atoms with van der Waals surface area (Å²) in [5.74, 6) is 0.516. The molecule has 0 unspecified atom stereocenters. The maximum atomic E-state index is 13.1. The highest BCUT2D eigenvalue weighted by Crippen LogP contribution is 2.48. The third-order valence-corrected chi connectivity index (χ3v) is 7.36. The first kappa shape index (κ1) is 24.3. The number of carbonyl (C=O) groups is 1. The molecular weight excluding hydrogens is 490 g/mol. The molecule has 1 amide bonds. The van der Waals surface area contributed by atoms with E-state index in [0.717, 1.165) is 24.2 Å². The zero-order valence-corrected chi connectivity index (χ0v) is 20.8. The molecule has 2 N–H and O–H groups in total. The fraction of sp³-hybridized carbons (Fsp3) is 0.231. The number of aryl methyl sites for hydroxylation is 1. The van der Waals surface area contributed by atoms with Crippen LogP contribution in [0.3, 0.4) is 0 Å². The minimum atomic E-state index is -0.500. The van der Waals surface area contributed by atoms with Crippen LogP contribution in [0.4, 0.5) is 5.82 Å². The van der Waals surface area contributed by atoms with Gasteiger partial charge < -0.3 is 19.3 Å². The maximum absolute atomic E-state index is 13.1. The first-order valence-electron chi connectivity index (χ1n) is 11.6. The van der Waals surface area contributed by atoms with Gasteiger partial charge in [-0.15, -0.1) is 5.10 Å². The van der Waals surface area contributed by atoms with E-state index in [0.29, 0.717) is 23.1 Å². The molecule has 0 bridgehead atoms. The Kier molecular flexibility index (Phi) is 6.74. The molecule has 0 aliphatic heterocycles. The largest absolute Gasteiger partial charge is 0.474 e. The number of anilines is 1. The lowest BCUT2D eigenvalue weighted by Crippen LogP contribution is -2.32. The molecule has 1 aliphatic carbocycles. The third kappa shape index (κ3) is 5.39. The standard InChI is InChI=1S/C26H23N7O3S/c1-33-22-19(12-20(25(33)35)23(34)29-14-18-7-5-17(13-27)6-8-18)15-30-31-24(22)36-16-26(9-10-26)37-32-21-4-2-3-11-28-21/h2-8,11-12,15H,9-10,14,16H2,1H3,(H,28,32)(H,29,34). The number of fused-ring (bicyclic) bond motifs is 1. The van der Waals surface area contributed by atoms with Crippen molar-refractivity contribution < 1.29 is 9.53 Å². The van der Waals surface area contributed by atoms with Gasteiger partial charge >= 0.3 is 0 Å². The lowest BCUT2D eigenvalue weighted by Gasteiger charge is -2.17. The van der Waals surface area contributed by atoms with Crippen molar-refractivity contribution in [3.8, 4) is 11.9 Å². The summed E-state index contributed by atoms with van der Waals surface area (Å²) >= 11 is 1.56. The van der Waals surface area contributed by atoms with Gasteiger partial charge in [-0.2, -0.15) is 10.4 Å². The van der Waals surface area contributed by atoms with E-state index in [9.17, 15) is 9.59 Å². The Hall–Kier alpha value is -4.43. The van der Waals surface area contributed by atoms with Crippen LogP contribution in [0.15, 0.2) is 65.7 Å². The highest BCUT2D eigenvalue weighted by atomic mass is 32.2. The van der Waals surface area contributed by atoms with Gasteiger partial charge in [-0.1, -0.05) is 18.2 Å². The molecule has 37 heavy (non-hydrogen) atoms. The quantitative estimate of drug-likeness (QED) is 0.324. The highest BCUT2D eigenvalue weighted by Gasteiger charge is 2.45. The van der Waals surface area contributed by atoms with Gasteiger partial charge in [0.1, 0.15) is 23.5 Å². The van der Waals surface area contributed by atoms with Crippen molar-refractivity contribution in [2.45, 2.75) is 24.1 Å². The van der Waals surface area contributed by atoms with E-state index in [1.807, 2.05) is 18.2 Å². The number of carbonyl (C=O) groups excluding carboxylic acids is 1. The summed E-state index contributed by atoms with van der Waals surface area (Å²) in [5, 5.41) is 20.4. The number of hydrogen-bond donors (Lipinski definition) is 2. The number of rotatable bonds is 9. The van der Waals surface area contributed by atoms with Gasteiger partial charge in [0.2, 0.25) is 0 Å². The molecule has 1 aliphatic rings. The van der Waals surface area contributed by atoms with Crippen molar-refractivity contribution in [2.75, 3.05) is 11.3 Å². The van der Waals surface area contributed by atoms with Gasteiger partial charge in [-0.3, -0.25) is 9.59 Å². The van der Waals surface area contributed by atoms with Crippen LogP contribution in [0.25, 0.3) is 10.9 Å². The summed E-state index contributed by atoms with van der Waals surface area (Å²) in [7, 11) is 1.58. The molecule has 0 atom stereocenters. The average Bonchev–Trinajstić information content (AvgIpc) is 3.72. The maximum Gasteiger partial charge on any atom is 0.263 e. The molecule has 186 valence electrons. The van der Waals surface area contributed by atoms with Gasteiger partial charge in [-0.05, 0) is 60.7 Å².